The van der Waals surface area contributed by atoms with Crippen molar-refractivity contribution in [3.05, 3.63) is 46.6 Å². The fourth-order valence-electron chi connectivity index (χ4n) is 1.63. The number of hydrogen-bond acceptors (Lipinski definition) is 2. The molecule has 0 saturated heterocycles. The smallest absolute Gasteiger partial charge is 0.346 e. The van der Waals surface area contributed by atoms with Gasteiger partial charge in [0.15, 0.2) is 0 Å². The van der Waals surface area contributed by atoms with Gasteiger partial charge in [-0.1, -0.05) is 19.1 Å². The number of aromatic carboxylic acids is 1. The maximum absolute atomic E-state index is 12.8. The summed E-state index contributed by atoms with van der Waals surface area (Å²) < 4.78 is 12.8. The van der Waals surface area contributed by atoms with E-state index in [-0.39, 0.29) is 5.82 Å². The molecule has 17 heavy (non-hydrogen) atoms. The molecule has 0 bridgehead atoms. The van der Waals surface area contributed by atoms with Gasteiger partial charge in [-0.3, -0.25) is 0 Å². The standard InChI is InChI=1S/C13H11FO2S/c1-2-8-7-11(17-12(8)13(15)16)9-3-5-10(14)6-4-9/h3-7H,2H2,1H3,(H,15,16). The highest BCUT2D eigenvalue weighted by Gasteiger charge is 2.14. The topological polar surface area (TPSA) is 37.3 Å². The molecule has 0 aliphatic carbocycles. The van der Waals surface area contributed by atoms with Crippen LogP contribution in [0.25, 0.3) is 10.4 Å². The summed E-state index contributed by atoms with van der Waals surface area (Å²) >= 11 is 1.23. The second-order valence-corrected chi connectivity index (χ2v) is 4.68. The van der Waals surface area contributed by atoms with Gasteiger partial charge in [0.1, 0.15) is 10.7 Å². The summed E-state index contributed by atoms with van der Waals surface area (Å²) in [6.45, 7) is 1.92. The normalized spacial score (nSPS) is 10.5. The largest absolute Gasteiger partial charge is 0.477 e. The quantitative estimate of drug-likeness (QED) is 0.899. The van der Waals surface area contributed by atoms with E-state index in [4.69, 9.17) is 5.11 Å². The molecule has 0 aliphatic heterocycles. The molecule has 0 fully saturated rings. The highest BCUT2D eigenvalue weighted by molar-refractivity contribution is 7.17. The lowest BCUT2D eigenvalue weighted by Gasteiger charge is -1.95. The first-order chi connectivity index (χ1) is 8.11. The molecule has 4 heteroatoms. The lowest BCUT2D eigenvalue weighted by atomic mass is 10.1. The second kappa shape index (κ2) is 4.67. The minimum Gasteiger partial charge on any atom is -0.477 e. The number of benzene rings is 1. The van der Waals surface area contributed by atoms with Crippen molar-refractivity contribution in [3.8, 4) is 10.4 Å². The van der Waals surface area contributed by atoms with E-state index in [0.29, 0.717) is 11.3 Å². The molecule has 0 atom stereocenters. The summed E-state index contributed by atoms with van der Waals surface area (Å²) in [6, 6.07) is 7.93. The van der Waals surface area contributed by atoms with E-state index in [0.717, 1.165) is 16.0 Å². The second-order valence-electron chi connectivity index (χ2n) is 3.63. The van der Waals surface area contributed by atoms with Crippen LogP contribution in [-0.4, -0.2) is 11.1 Å². The summed E-state index contributed by atoms with van der Waals surface area (Å²) in [5.41, 5.74) is 1.67. The third-order valence-electron chi connectivity index (χ3n) is 2.51. The molecule has 0 amide bonds. The van der Waals surface area contributed by atoms with E-state index in [1.54, 1.807) is 12.1 Å². The molecule has 0 unspecified atom stereocenters. The summed E-state index contributed by atoms with van der Waals surface area (Å²) in [4.78, 5) is 12.3. The zero-order valence-corrected chi connectivity index (χ0v) is 10.1. The number of halogens is 1. The Morgan fingerprint density at radius 2 is 2.00 bits per heavy atom. The van der Waals surface area contributed by atoms with E-state index in [2.05, 4.69) is 0 Å². The maximum Gasteiger partial charge on any atom is 0.346 e. The van der Waals surface area contributed by atoms with Gasteiger partial charge in [0.25, 0.3) is 0 Å². The van der Waals surface area contributed by atoms with Crippen LogP contribution >= 0.6 is 11.3 Å². The number of carbonyl (C=O) groups is 1. The average Bonchev–Trinajstić information content (AvgIpc) is 2.74. The molecular weight excluding hydrogens is 239 g/mol. The fourth-order valence-corrected chi connectivity index (χ4v) is 2.73. The molecule has 1 aromatic carbocycles. The monoisotopic (exact) mass is 250 g/mol. The van der Waals surface area contributed by atoms with Gasteiger partial charge in [0.05, 0.1) is 0 Å². The van der Waals surface area contributed by atoms with Crippen molar-refractivity contribution in [1.82, 2.24) is 0 Å². The van der Waals surface area contributed by atoms with Crippen molar-refractivity contribution in [1.29, 1.82) is 0 Å². The SMILES string of the molecule is CCc1cc(-c2ccc(F)cc2)sc1C(=O)O. The Labute approximate surface area is 102 Å². The van der Waals surface area contributed by atoms with E-state index < -0.39 is 5.97 Å². The molecular formula is C13H11FO2S. The molecule has 0 radical (unpaired) electrons. The molecule has 0 spiro atoms. The fraction of sp³-hybridized carbons (Fsp3) is 0.154. The third-order valence-corrected chi connectivity index (χ3v) is 3.73. The van der Waals surface area contributed by atoms with Crippen LogP contribution in [0.5, 0.6) is 0 Å². The number of hydrogen-bond donors (Lipinski definition) is 1. The van der Waals surface area contributed by atoms with Crippen LogP contribution in [0.4, 0.5) is 4.39 Å². The molecule has 1 heterocycles. The van der Waals surface area contributed by atoms with Gasteiger partial charge in [-0.2, -0.15) is 0 Å². The molecule has 88 valence electrons. The first-order valence-electron chi connectivity index (χ1n) is 5.23. The van der Waals surface area contributed by atoms with E-state index in [1.807, 2.05) is 13.0 Å². The first kappa shape index (κ1) is 11.8. The zero-order valence-electron chi connectivity index (χ0n) is 9.24. The molecule has 1 N–H and O–H groups in total. The van der Waals surface area contributed by atoms with Crippen molar-refractivity contribution in [2.75, 3.05) is 0 Å². The highest BCUT2D eigenvalue weighted by atomic mass is 32.1. The number of carboxylic acid groups (broad SMARTS) is 1. The van der Waals surface area contributed by atoms with Crippen LogP contribution in [-0.2, 0) is 6.42 Å². The summed E-state index contributed by atoms with van der Waals surface area (Å²) in [6.07, 6.45) is 0.680. The van der Waals surface area contributed by atoms with Crippen LogP contribution in [0.3, 0.4) is 0 Å². The molecule has 0 aliphatic rings. The van der Waals surface area contributed by atoms with E-state index in [9.17, 15) is 9.18 Å². The van der Waals surface area contributed by atoms with Gasteiger partial charge in [0, 0.05) is 4.88 Å². The van der Waals surface area contributed by atoms with Crippen molar-refractivity contribution in [3.63, 3.8) is 0 Å². The van der Waals surface area contributed by atoms with Crippen LogP contribution in [0.2, 0.25) is 0 Å². The van der Waals surface area contributed by atoms with Crippen LogP contribution in [0.15, 0.2) is 30.3 Å². The number of carboxylic acids is 1. The molecule has 2 aromatic rings. The zero-order chi connectivity index (χ0) is 12.4. The summed E-state index contributed by atoms with van der Waals surface area (Å²) in [5.74, 6) is -1.19. The van der Waals surface area contributed by atoms with Gasteiger partial charge in [-0.15, -0.1) is 11.3 Å². The first-order valence-corrected chi connectivity index (χ1v) is 6.05. The van der Waals surface area contributed by atoms with Gasteiger partial charge < -0.3 is 5.11 Å². The molecule has 1 aromatic heterocycles. The lowest BCUT2D eigenvalue weighted by molar-refractivity contribution is 0.0701. The minimum absolute atomic E-state index is 0.292. The lowest BCUT2D eigenvalue weighted by Crippen LogP contribution is -1.95. The van der Waals surface area contributed by atoms with Crippen LogP contribution < -0.4 is 0 Å². The molecule has 2 nitrogen and oxygen atoms in total. The predicted molar refractivity (Wildman–Crippen MR) is 66.1 cm³/mol. The Morgan fingerprint density at radius 1 is 1.35 bits per heavy atom. The average molecular weight is 250 g/mol. The van der Waals surface area contributed by atoms with Gasteiger partial charge in [-0.05, 0) is 35.7 Å². The Bertz CT molecular complexity index is 543. The van der Waals surface area contributed by atoms with Crippen LogP contribution in [0.1, 0.15) is 22.2 Å². The number of thiophene rings is 1. The molecule has 0 saturated carbocycles. The van der Waals surface area contributed by atoms with E-state index in [1.165, 1.54) is 23.5 Å². The minimum atomic E-state index is -0.903. The third kappa shape index (κ3) is 2.36. The number of aryl methyl sites for hydroxylation is 1. The van der Waals surface area contributed by atoms with Gasteiger partial charge in [-0.25, -0.2) is 9.18 Å². The van der Waals surface area contributed by atoms with Crippen LogP contribution in [0, 0.1) is 5.82 Å². The Balaban J connectivity index is 2.46. The number of rotatable bonds is 3. The van der Waals surface area contributed by atoms with Gasteiger partial charge >= 0.3 is 5.97 Å². The summed E-state index contributed by atoms with van der Waals surface area (Å²) in [5, 5.41) is 9.05. The van der Waals surface area contributed by atoms with Gasteiger partial charge in [0.2, 0.25) is 0 Å². The molecule has 2 rings (SSSR count). The maximum atomic E-state index is 12.8. The van der Waals surface area contributed by atoms with Crippen molar-refractivity contribution in [2.24, 2.45) is 0 Å². The Morgan fingerprint density at radius 3 is 2.47 bits per heavy atom. The van der Waals surface area contributed by atoms with E-state index >= 15 is 0 Å². The Kier molecular flexibility index (Phi) is 3.24. The van der Waals surface area contributed by atoms with Crippen molar-refractivity contribution >= 4 is 17.3 Å². The Hall–Kier alpha value is -1.68. The summed E-state index contributed by atoms with van der Waals surface area (Å²) in [7, 11) is 0. The van der Waals surface area contributed by atoms with Crippen molar-refractivity contribution in [2.45, 2.75) is 13.3 Å². The van der Waals surface area contributed by atoms with Crippen molar-refractivity contribution < 1.29 is 14.3 Å². The predicted octanol–water partition coefficient (Wildman–Crippen LogP) is 3.81. The highest BCUT2D eigenvalue weighted by Crippen LogP contribution is 2.32.